The van der Waals surface area contributed by atoms with Gasteiger partial charge in [-0.05, 0) is 85.3 Å². The van der Waals surface area contributed by atoms with Gasteiger partial charge in [0, 0.05) is 37.9 Å². The Hall–Kier alpha value is -7.24. The van der Waals surface area contributed by atoms with Gasteiger partial charge in [0.1, 0.15) is 28.7 Å². The molecule has 0 saturated carbocycles. The standard InChI is InChI=1S/C43H36N10O6S/c1-51(25-36(54)52-22-6-9-30-39(52)47-37(49-41(30)55)33-12-4-5-20-44-33)60(58,59)29-16-13-26(14-17-29)28-19-21-45-35(24-28)38-48-40-31(42(56)50-38)10-7-23-53(40)43(57)34-18-15-27-8-2-3-11-32(27)46-34/h2-5,8,11-21,24H,6-7,9-10,22-23,25H2,1H3,(H,47,49,55)(H,48,50,56). The number of aromatic amines is 2. The van der Waals surface area contributed by atoms with E-state index in [1.807, 2.05) is 30.3 Å². The normalized spacial score (nSPS) is 13.9. The van der Waals surface area contributed by atoms with E-state index in [0.717, 1.165) is 9.69 Å². The number of carbonyl (C=O) groups is 2. The van der Waals surface area contributed by atoms with Crippen LogP contribution in [-0.2, 0) is 27.7 Å². The van der Waals surface area contributed by atoms with E-state index < -0.39 is 22.5 Å². The van der Waals surface area contributed by atoms with E-state index in [2.05, 4.69) is 29.9 Å². The van der Waals surface area contributed by atoms with Crippen molar-refractivity contribution in [2.45, 2.75) is 30.6 Å². The molecule has 7 heterocycles. The Morgan fingerprint density at radius 1 is 0.700 bits per heavy atom. The minimum Gasteiger partial charge on any atom is -0.305 e. The van der Waals surface area contributed by atoms with Gasteiger partial charge in [-0.2, -0.15) is 4.31 Å². The highest BCUT2D eigenvalue weighted by Gasteiger charge is 2.32. The maximum Gasteiger partial charge on any atom is 0.278 e. The van der Waals surface area contributed by atoms with Crippen LogP contribution in [0.25, 0.3) is 45.1 Å². The quantitative estimate of drug-likeness (QED) is 0.220. The van der Waals surface area contributed by atoms with Crippen molar-refractivity contribution in [3.8, 4) is 34.2 Å². The van der Waals surface area contributed by atoms with Gasteiger partial charge in [-0.1, -0.05) is 42.5 Å². The van der Waals surface area contributed by atoms with E-state index in [4.69, 9.17) is 4.98 Å². The van der Waals surface area contributed by atoms with Crippen LogP contribution in [0.3, 0.4) is 0 Å². The summed E-state index contributed by atoms with van der Waals surface area (Å²) < 4.78 is 28.5. The third-order valence-corrected chi connectivity index (χ3v) is 12.5. The highest BCUT2D eigenvalue weighted by molar-refractivity contribution is 7.89. The van der Waals surface area contributed by atoms with Crippen molar-refractivity contribution in [3.05, 3.63) is 141 Å². The zero-order valence-corrected chi connectivity index (χ0v) is 33.0. The molecule has 2 aromatic carbocycles. The van der Waals surface area contributed by atoms with Crippen molar-refractivity contribution < 1.29 is 18.0 Å². The third kappa shape index (κ3) is 7.13. The molecule has 60 heavy (non-hydrogen) atoms. The summed E-state index contributed by atoms with van der Waals surface area (Å²) in [6.45, 7) is 0.146. The highest BCUT2D eigenvalue weighted by atomic mass is 32.2. The van der Waals surface area contributed by atoms with Crippen LogP contribution in [0, 0.1) is 0 Å². The molecular formula is C43H36N10O6S. The number of likely N-dealkylation sites (N-methyl/N-ethyl adjacent to an activating group) is 1. The number of pyridine rings is 3. The van der Waals surface area contributed by atoms with Crippen molar-refractivity contribution in [2.24, 2.45) is 0 Å². The second-order valence-corrected chi connectivity index (χ2v) is 16.5. The van der Waals surface area contributed by atoms with Gasteiger partial charge in [0.25, 0.3) is 17.0 Å². The fourth-order valence-corrected chi connectivity index (χ4v) is 8.64. The number of H-pyrrole nitrogens is 2. The summed E-state index contributed by atoms with van der Waals surface area (Å²) in [6.07, 6.45) is 5.10. The van der Waals surface area contributed by atoms with Gasteiger partial charge in [0.2, 0.25) is 15.9 Å². The smallest absolute Gasteiger partial charge is 0.278 e. The van der Waals surface area contributed by atoms with E-state index >= 15 is 0 Å². The summed E-state index contributed by atoms with van der Waals surface area (Å²) in [5.41, 5.74) is 3.03. The molecule has 2 aliphatic heterocycles. The maximum absolute atomic E-state index is 13.8. The number of hydrogen-bond acceptors (Lipinski definition) is 11. The predicted octanol–water partition coefficient (Wildman–Crippen LogP) is 4.39. The van der Waals surface area contributed by atoms with Crippen molar-refractivity contribution in [2.75, 3.05) is 36.5 Å². The number of hydrogen-bond donors (Lipinski definition) is 2. The molecule has 0 spiro atoms. The molecule has 16 nitrogen and oxygen atoms in total. The van der Waals surface area contributed by atoms with Crippen LogP contribution in [0.5, 0.6) is 0 Å². The fourth-order valence-electron chi connectivity index (χ4n) is 7.52. The Morgan fingerprint density at radius 2 is 1.35 bits per heavy atom. The van der Waals surface area contributed by atoms with Crippen molar-refractivity contribution in [1.82, 2.24) is 39.2 Å². The average molecular weight is 821 g/mol. The number of rotatable bonds is 8. The molecular weight excluding hydrogens is 785 g/mol. The molecule has 5 aromatic heterocycles. The minimum absolute atomic E-state index is 0.0340. The average Bonchev–Trinajstić information content (AvgIpc) is 3.28. The number of fused-ring (bicyclic) bond motifs is 3. The van der Waals surface area contributed by atoms with Gasteiger partial charge in [-0.25, -0.2) is 23.4 Å². The van der Waals surface area contributed by atoms with E-state index in [-0.39, 0.29) is 57.4 Å². The lowest BCUT2D eigenvalue weighted by atomic mass is 10.0. The van der Waals surface area contributed by atoms with Crippen LogP contribution in [0.15, 0.2) is 118 Å². The van der Waals surface area contributed by atoms with Crippen LogP contribution >= 0.6 is 0 Å². The molecule has 300 valence electrons. The Bertz CT molecular complexity index is 3060. The first-order valence-electron chi connectivity index (χ1n) is 19.2. The molecule has 17 heteroatoms. The summed E-state index contributed by atoms with van der Waals surface area (Å²) >= 11 is 0. The second-order valence-electron chi connectivity index (χ2n) is 14.5. The van der Waals surface area contributed by atoms with Crippen molar-refractivity contribution in [1.29, 1.82) is 0 Å². The SMILES string of the molecule is CN(CC(=O)N1CCCc2c1nc(-c1ccccn1)[nH]c2=O)S(=O)(=O)c1ccc(-c2ccnc(-c3nc4c(c(=O)[nH]3)CCCN4C(=O)c3ccc4ccccc4n3)c2)cc1. The van der Waals surface area contributed by atoms with Crippen LogP contribution in [0.4, 0.5) is 11.6 Å². The van der Waals surface area contributed by atoms with E-state index in [1.165, 1.54) is 29.0 Å². The molecule has 0 bridgehead atoms. The van der Waals surface area contributed by atoms with Crippen molar-refractivity contribution >= 4 is 44.4 Å². The number of benzene rings is 2. The summed E-state index contributed by atoms with van der Waals surface area (Å²) in [7, 11) is -2.80. The molecule has 0 aliphatic carbocycles. The number of anilines is 2. The number of nitrogens with zero attached hydrogens (tertiary/aromatic N) is 8. The fraction of sp³-hybridized carbons (Fsp3) is 0.186. The summed E-state index contributed by atoms with van der Waals surface area (Å²) in [5.74, 6) is -0.0593. The maximum atomic E-state index is 13.8. The van der Waals surface area contributed by atoms with Crippen LogP contribution in [0.1, 0.15) is 34.5 Å². The van der Waals surface area contributed by atoms with Gasteiger partial charge in [0.05, 0.1) is 28.1 Å². The van der Waals surface area contributed by atoms with Gasteiger partial charge in [0.15, 0.2) is 11.6 Å². The number of para-hydroxylation sites is 1. The monoisotopic (exact) mass is 820 g/mol. The second kappa shape index (κ2) is 15.5. The summed E-state index contributed by atoms with van der Waals surface area (Å²) in [4.78, 5) is 84.8. The summed E-state index contributed by atoms with van der Waals surface area (Å²) in [5, 5.41) is 0.904. The van der Waals surface area contributed by atoms with Crippen molar-refractivity contribution in [3.63, 3.8) is 0 Å². The first-order chi connectivity index (χ1) is 29.0. The Balaban J connectivity index is 0.934. The summed E-state index contributed by atoms with van der Waals surface area (Å²) in [6, 6.07) is 25.8. The largest absolute Gasteiger partial charge is 0.305 e. The molecule has 2 N–H and O–H groups in total. The lowest BCUT2D eigenvalue weighted by molar-refractivity contribution is -0.118. The lowest BCUT2D eigenvalue weighted by Gasteiger charge is -2.29. The lowest BCUT2D eigenvalue weighted by Crippen LogP contribution is -2.45. The topological polar surface area (TPSA) is 208 Å². The highest BCUT2D eigenvalue weighted by Crippen LogP contribution is 2.30. The van der Waals surface area contributed by atoms with E-state index in [9.17, 15) is 27.6 Å². The number of aromatic nitrogens is 7. The molecule has 7 aromatic rings. The van der Waals surface area contributed by atoms with Crippen LogP contribution in [0.2, 0.25) is 0 Å². The third-order valence-electron chi connectivity index (χ3n) is 10.6. The first kappa shape index (κ1) is 38.3. The van der Waals surface area contributed by atoms with E-state index in [0.29, 0.717) is 71.4 Å². The predicted molar refractivity (Wildman–Crippen MR) is 224 cm³/mol. The zero-order valence-electron chi connectivity index (χ0n) is 32.2. The van der Waals surface area contributed by atoms with Crippen LogP contribution in [-0.4, -0.2) is 86.1 Å². The number of amides is 2. The molecule has 0 unspecified atom stereocenters. The number of carbonyl (C=O) groups excluding carboxylic acids is 2. The Morgan fingerprint density at radius 3 is 2.07 bits per heavy atom. The number of sulfonamides is 1. The molecule has 2 amide bonds. The molecule has 0 atom stereocenters. The first-order valence-corrected chi connectivity index (χ1v) is 20.7. The molecule has 2 aliphatic rings. The van der Waals surface area contributed by atoms with E-state index in [1.54, 1.807) is 60.9 Å². The molecule has 0 fully saturated rings. The van der Waals surface area contributed by atoms with Crippen LogP contribution < -0.4 is 20.9 Å². The molecule has 9 rings (SSSR count). The number of nitrogens with one attached hydrogen (secondary N) is 2. The Labute approximate surface area is 342 Å². The zero-order chi connectivity index (χ0) is 41.5. The van der Waals surface area contributed by atoms with Gasteiger partial charge in [-0.3, -0.25) is 38.9 Å². The van der Waals surface area contributed by atoms with Gasteiger partial charge >= 0.3 is 0 Å². The molecule has 0 saturated heterocycles. The minimum atomic E-state index is -4.13. The molecule has 0 radical (unpaired) electrons. The Kier molecular flexibility index (Phi) is 9.89. The van der Waals surface area contributed by atoms with Gasteiger partial charge < -0.3 is 9.97 Å². The van der Waals surface area contributed by atoms with Gasteiger partial charge in [-0.15, -0.1) is 0 Å².